The first-order valence-electron chi connectivity index (χ1n) is 6.95. The van der Waals surface area contributed by atoms with E-state index in [4.69, 9.17) is 4.74 Å². The zero-order valence-electron chi connectivity index (χ0n) is 12.7. The molecule has 1 aliphatic heterocycles. The molecule has 8 nitrogen and oxygen atoms in total. The molecule has 0 aliphatic carbocycles. The zero-order chi connectivity index (χ0) is 15.9. The van der Waals surface area contributed by atoms with Crippen LogP contribution in [0.4, 0.5) is 5.13 Å². The van der Waals surface area contributed by atoms with Crippen LogP contribution in [0.15, 0.2) is 0 Å². The molecule has 0 radical (unpaired) electrons. The van der Waals surface area contributed by atoms with Gasteiger partial charge in [-0.1, -0.05) is 11.3 Å². The quantitative estimate of drug-likeness (QED) is 0.863. The van der Waals surface area contributed by atoms with Gasteiger partial charge in [-0.2, -0.15) is 9.40 Å². The van der Waals surface area contributed by atoms with E-state index >= 15 is 0 Å². The summed E-state index contributed by atoms with van der Waals surface area (Å²) in [7, 11) is -1.30. The van der Waals surface area contributed by atoms with Gasteiger partial charge in [0.2, 0.25) is 10.0 Å². The maximum Gasteiger partial charge on any atom is 0.211 e. The normalized spacial score (nSPS) is 20.6. The Morgan fingerprint density at radius 1 is 1.50 bits per heavy atom. The lowest BCUT2D eigenvalue weighted by molar-refractivity contribution is 0.00704. The number of sulfonamides is 1. The average molecular weight is 345 g/mol. The number of morpholine rings is 1. The Morgan fingerprint density at radius 3 is 2.95 bits per heavy atom. The van der Waals surface area contributed by atoms with Crippen LogP contribution in [-0.2, 0) is 21.8 Å². The van der Waals surface area contributed by atoms with Crippen LogP contribution in [0.25, 0.3) is 10.3 Å². The Morgan fingerprint density at radius 2 is 2.27 bits per heavy atom. The van der Waals surface area contributed by atoms with E-state index in [1.165, 1.54) is 10.6 Å². The second kappa shape index (κ2) is 5.76. The topological polar surface area (TPSA) is 89.4 Å². The maximum absolute atomic E-state index is 11.6. The fourth-order valence-corrected chi connectivity index (χ4v) is 4.26. The molecule has 2 aromatic heterocycles. The number of anilines is 1. The number of fused-ring (bicyclic) bond motifs is 1. The second-order valence-electron chi connectivity index (χ2n) is 5.38. The fourth-order valence-electron chi connectivity index (χ4n) is 2.48. The predicted molar refractivity (Wildman–Crippen MR) is 85.8 cm³/mol. The molecule has 122 valence electrons. The number of nitrogens with one attached hydrogen (secondary N) is 1. The highest BCUT2D eigenvalue weighted by Crippen LogP contribution is 2.28. The molecule has 1 aliphatic rings. The van der Waals surface area contributed by atoms with Gasteiger partial charge in [-0.15, -0.1) is 0 Å². The number of aromatic nitrogens is 3. The summed E-state index contributed by atoms with van der Waals surface area (Å²) in [5, 5.41) is 8.35. The second-order valence-corrected chi connectivity index (χ2v) is 8.36. The van der Waals surface area contributed by atoms with Crippen LogP contribution in [0.5, 0.6) is 0 Å². The zero-order valence-corrected chi connectivity index (χ0v) is 14.4. The molecule has 0 saturated carbocycles. The third-order valence-electron chi connectivity index (χ3n) is 3.60. The summed E-state index contributed by atoms with van der Waals surface area (Å²) in [5.74, 6) is 0. The summed E-state index contributed by atoms with van der Waals surface area (Å²) in [6.07, 6.45) is 1.06. The van der Waals surface area contributed by atoms with Gasteiger partial charge in [-0.05, 0) is 6.92 Å². The van der Waals surface area contributed by atoms with Crippen LogP contribution in [-0.4, -0.2) is 66.1 Å². The maximum atomic E-state index is 11.6. The van der Waals surface area contributed by atoms with E-state index in [0.29, 0.717) is 26.2 Å². The summed E-state index contributed by atoms with van der Waals surface area (Å²) in [5.41, 5.74) is 1.81. The summed E-state index contributed by atoms with van der Waals surface area (Å²) >= 11 is 1.55. The van der Waals surface area contributed by atoms with Crippen LogP contribution < -0.4 is 5.32 Å². The lowest BCUT2D eigenvalue weighted by Crippen LogP contribution is -2.47. The van der Waals surface area contributed by atoms with Crippen LogP contribution in [0.1, 0.15) is 5.69 Å². The van der Waals surface area contributed by atoms with Crippen LogP contribution in [0, 0.1) is 6.92 Å². The minimum atomic E-state index is -3.16. The molecule has 0 spiro atoms. The van der Waals surface area contributed by atoms with E-state index in [9.17, 15) is 8.42 Å². The van der Waals surface area contributed by atoms with E-state index in [1.54, 1.807) is 16.0 Å². The Hall–Kier alpha value is -1.23. The number of ether oxygens (including phenoxy) is 1. The van der Waals surface area contributed by atoms with Gasteiger partial charge in [0.15, 0.2) is 10.8 Å². The van der Waals surface area contributed by atoms with Crippen molar-refractivity contribution in [3.8, 4) is 0 Å². The molecule has 1 N–H and O–H groups in total. The monoisotopic (exact) mass is 345 g/mol. The van der Waals surface area contributed by atoms with Gasteiger partial charge in [0.1, 0.15) is 0 Å². The van der Waals surface area contributed by atoms with E-state index in [2.05, 4.69) is 15.4 Å². The molecule has 0 unspecified atom stereocenters. The summed E-state index contributed by atoms with van der Waals surface area (Å²) in [6, 6.07) is 0. The van der Waals surface area contributed by atoms with Gasteiger partial charge >= 0.3 is 0 Å². The highest BCUT2D eigenvalue weighted by atomic mass is 32.2. The number of hydrogen-bond acceptors (Lipinski definition) is 7. The largest absolute Gasteiger partial charge is 0.374 e. The Bertz CT molecular complexity index is 748. The average Bonchev–Trinajstić information content (AvgIpc) is 2.98. The van der Waals surface area contributed by atoms with Crippen molar-refractivity contribution in [1.82, 2.24) is 19.1 Å². The summed E-state index contributed by atoms with van der Waals surface area (Å²) < 4.78 is 33.1. The highest BCUT2D eigenvalue weighted by molar-refractivity contribution is 7.88. The van der Waals surface area contributed by atoms with Gasteiger partial charge in [-0.25, -0.2) is 18.1 Å². The fraction of sp³-hybridized carbons (Fsp3) is 0.667. The van der Waals surface area contributed by atoms with E-state index in [0.717, 1.165) is 21.2 Å². The highest BCUT2D eigenvalue weighted by Gasteiger charge is 2.26. The minimum absolute atomic E-state index is 0.172. The van der Waals surface area contributed by atoms with Crippen LogP contribution >= 0.6 is 11.3 Å². The lowest BCUT2D eigenvalue weighted by atomic mass is 10.3. The number of rotatable bonds is 4. The van der Waals surface area contributed by atoms with Crippen molar-refractivity contribution in [2.75, 3.05) is 37.8 Å². The standard InChI is InChI=1S/C12H19N5O3S2/c1-8-10-11(16(2)15-8)14-12(21-10)13-6-9-7-17(4-5-20-9)22(3,18)19/h9H,4-7H2,1-3H3,(H,13,14)/t9-/m0/s1. The Kier molecular flexibility index (Phi) is 4.10. The molecule has 2 aromatic rings. The number of nitrogens with zero attached hydrogens (tertiary/aromatic N) is 4. The van der Waals surface area contributed by atoms with E-state index < -0.39 is 10.0 Å². The molecule has 3 rings (SSSR count). The molecule has 1 fully saturated rings. The van der Waals surface area contributed by atoms with Gasteiger partial charge in [0, 0.05) is 26.7 Å². The van der Waals surface area contributed by atoms with Gasteiger partial charge in [-0.3, -0.25) is 0 Å². The molecule has 3 heterocycles. The van der Waals surface area contributed by atoms with Crippen molar-refractivity contribution in [3.05, 3.63) is 5.69 Å². The number of thiazole rings is 1. The van der Waals surface area contributed by atoms with Crippen molar-refractivity contribution in [2.24, 2.45) is 7.05 Å². The molecule has 1 atom stereocenters. The van der Waals surface area contributed by atoms with E-state index in [1.807, 2.05) is 14.0 Å². The first-order valence-corrected chi connectivity index (χ1v) is 9.62. The smallest absolute Gasteiger partial charge is 0.211 e. The third kappa shape index (κ3) is 3.09. The van der Waals surface area contributed by atoms with Crippen LogP contribution in [0.3, 0.4) is 0 Å². The Balaban J connectivity index is 1.65. The molecule has 0 bridgehead atoms. The van der Waals surface area contributed by atoms with Crippen LogP contribution in [0.2, 0.25) is 0 Å². The van der Waals surface area contributed by atoms with Crippen molar-refractivity contribution >= 4 is 36.8 Å². The van der Waals surface area contributed by atoms with Crippen molar-refractivity contribution in [2.45, 2.75) is 13.0 Å². The predicted octanol–water partition coefficient (Wildman–Crippen LogP) is 0.411. The first kappa shape index (κ1) is 15.7. The van der Waals surface area contributed by atoms with E-state index in [-0.39, 0.29) is 6.10 Å². The lowest BCUT2D eigenvalue weighted by Gasteiger charge is -2.31. The number of hydrogen-bond donors (Lipinski definition) is 1. The molecular weight excluding hydrogens is 326 g/mol. The van der Waals surface area contributed by atoms with Crippen molar-refractivity contribution < 1.29 is 13.2 Å². The molecule has 1 saturated heterocycles. The summed E-state index contributed by atoms with van der Waals surface area (Å²) in [4.78, 5) is 4.51. The number of aryl methyl sites for hydroxylation is 2. The van der Waals surface area contributed by atoms with Gasteiger partial charge < -0.3 is 10.1 Å². The SMILES string of the molecule is Cc1nn(C)c2nc(NC[C@H]3CN(S(C)(=O)=O)CCO3)sc12. The third-order valence-corrected chi connectivity index (χ3v) is 5.98. The van der Waals surface area contributed by atoms with Crippen molar-refractivity contribution in [3.63, 3.8) is 0 Å². The molecular formula is C12H19N5O3S2. The minimum Gasteiger partial charge on any atom is -0.374 e. The molecule has 22 heavy (non-hydrogen) atoms. The molecule has 10 heteroatoms. The summed E-state index contributed by atoms with van der Waals surface area (Å²) in [6.45, 7) is 3.69. The molecule has 0 amide bonds. The van der Waals surface area contributed by atoms with Gasteiger partial charge in [0.05, 0.1) is 29.4 Å². The molecule has 0 aromatic carbocycles. The Labute approximate surface area is 133 Å². The van der Waals surface area contributed by atoms with Gasteiger partial charge in [0.25, 0.3) is 0 Å². The first-order chi connectivity index (χ1) is 10.3. The van der Waals surface area contributed by atoms with Crippen molar-refractivity contribution in [1.29, 1.82) is 0 Å².